The summed E-state index contributed by atoms with van der Waals surface area (Å²) in [7, 11) is -5.48. The van der Waals surface area contributed by atoms with Crippen LogP contribution in [0, 0.1) is 37.1 Å². The lowest BCUT2D eigenvalue weighted by Gasteiger charge is -2.26. The van der Waals surface area contributed by atoms with E-state index in [0.29, 0.717) is 13.1 Å². The minimum absolute atomic E-state index is 0.0274. The van der Waals surface area contributed by atoms with Gasteiger partial charge in [0.15, 0.2) is 65.4 Å². The molecule has 0 saturated heterocycles. The van der Waals surface area contributed by atoms with Crippen LogP contribution in [0.15, 0.2) is 149 Å². The number of hydrogen-bond acceptors (Lipinski definition) is 24. The van der Waals surface area contributed by atoms with Crippen LogP contribution in [0.25, 0.3) is 22.6 Å². The minimum atomic E-state index is -4.00. The third kappa shape index (κ3) is 13.2. The Morgan fingerprint density at radius 3 is 1.13 bits per heavy atom. The molecule has 544 valence electrons. The monoisotopic (exact) mass is 1500 g/mol. The molecule has 0 bridgehead atoms. The third-order valence-corrected chi connectivity index (χ3v) is 25.5. The van der Waals surface area contributed by atoms with E-state index in [4.69, 9.17) is 0 Å². The second kappa shape index (κ2) is 28.5. The summed E-state index contributed by atoms with van der Waals surface area (Å²) in [6, 6.07) is 19.8. The number of rotatable bonds is 12. The van der Waals surface area contributed by atoms with Crippen LogP contribution in [0.4, 0.5) is 40.8 Å². The summed E-state index contributed by atoms with van der Waals surface area (Å²) < 4.78 is 166. The highest BCUT2D eigenvalue weighted by Crippen LogP contribution is 2.38. The predicted molar refractivity (Wildman–Crippen MR) is 378 cm³/mol. The molecular weight excluding hydrogens is 1430 g/mol. The number of nitrogens with one attached hydrogen (secondary N) is 6. The van der Waals surface area contributed by atoms with E-state index in [0.717, 1.165) is 146 Å². The van der Waals surface area contributed by atoms with Gasteiger partial charge in [-0.25, -0.2) is 89.2 Å². The van der Waals surface area contributed by atoms with Gasteiger partial charge in [-0.05, 0) is 101 Å². The number of aromatic nitrogens is 12. The van der Waals surface area contributed by atoms with E-state index >= 15 is 0 Å². The molecule has 0 spiro atoms. The Bertz CT molecular complexity index is 5900. The maximum atomic E-state index is 13.6. The predicted octanol–water partition coefficient (Wildman–Crippen LogP) is 6.86. The molecule has 4 aromatic carbocycles. The molecule has 0 amide bonds. The van der Waals surface area contributed by atoms with E-state index in [1.807, 2.05) is 27.9 Å². The van der Waals surface area contributed by atoms with Crippen molar-refractivity contribution in [3.8, 4) is 0 Å². The van der Waals surface area contributed by atoms with Crippen LogP contribution < -0.4 is 31.9 Å². The average Bonchev–Trinajstić information content (AvgIpc) is 1.59. The van der Waals surface area contributed by atoms with Crippen molar-refractivity contribution in [3.63, 3.8) is 0 Å². The molecule has 0 radical (unpaired) electrons. The molecule has 0 fully saturated rings. The van der Waals surface area contributed by atoms with Crippen molar-refractivity contribution in [2.75, 3.05) is 89.7 Å². The Hall–Kier alpha value is -10.1. The summed E-state index contributed by atoms with van der Waals surface area (Å²) in [6.07, 6.45) is 6.30. The van der Waals surface area contributed by atoms with Crippen molar-refractivity contribution in [1.82, 2.24) is 78.8 Å². The van der Waals surface area contributed by atoms with Gasteiger partial charge < -0.3 is 41.7 Å². The summed E-state index contributed by atoms with van der Waals surface area (Å²) in [5.74, 6) is -1.63. The third-order valence-electron chi connectivity index (χ3n) is 18.3. The normalized spacial score (nSPS) is 14.8. The molecule has 0 unspecified atom stereocenters. The number of hydrogen-bond donors (Lipinski definition) is 6. The molecule has 36 heteroatoms. The standard InChI is InChI=1S/C18H20FN5O2S.2C17H18FN5O2S.C16H16FN5O2S/c1-11-14-10-23(3)8-7-15(14)24-18(21-11)16(17(20-2)22-24)27(25,26)13-6-4-5-12(19)9-13;1-19-16-15(26(24,25)13-5-3-4-12(18)8-13)17-20-9-11-10-22(2)7-6-14(11)23(17)21-16;1-10-13-9-20-7-6-14(13)23-17(21-10)15(16(19-2)22-23)26(24,25)12-5-3-4-11(18)8-12;1-18-15-14(25(23,24)12-4-2-3-11(17)7-12)16-20-9-10-8-19-6-5-13(10)22(16)21-15/h4-6,9H,7-8,10H2,1-3H3,(H,20,22);3-5,8-9H,6-7,10H2,1-2H3,(H,19,21);3-5,8,20H,6-7,9H2,1-2H3,(H,19,22);2-4,7,9,19H,5-6,8H2,1H3,(H,18,21). The number of nitrogens with zero attached hydrogens (tertiary/aromatic N) is 14. The van der Waals surface area contributed by atoms with E-state index in [9.17, 15) is 51.2 Å². The van der Waals surface area contributed by atoms with Gasteiger partial charge in [-0.1, -0.05) is 24.3 Å². The molecule has 4 aliphatic rings. The van der Waals surface area contributed by atoms with Gasteiger partial charge in [0, 0.05) is 152 Å². The Labute approximate surface area is 595 Å². The molecule has 12 aromatic rings. The largest absolute Gasteiger partial charge is 0.370 e. The molecule has 16 rings (SSSR count). The first kappa shape index (κ1) is 72.3. The van der Waals surface area contributed by atoms with E-state index in [1.165, 1.54) is 72.8 Å². The quantitative estimate of drug-likeness (QED) is 0.0680. The zero-order valence-electron chi connectivity index (χ0n) is 57.5. The molecule has 0 atom stereocenters. The fourth-order valence-corrected chi connectivity index (χ4v) is 19.3. The second-order valence-electron chi connectivity index (χ2n) is 25.0. The molecular formula is C68H72F4N20O8S4. The van der Waals surface area contributed by atoms with Gasteiger partial charge in [-0.15, -0.1) is 20.4 Å². The van der Waals surface area contributed by atoms with Crippen molar-refractivity contribution >= 4 is 85.2 Å². The SMILES string of the molecule is CNc1nn2c3c(c(C)nc2c1S(=O)(=O)c1cccc(F)c1)CN(C)CC3.CNc1nn2c3c(c(C)nc2c1S(=O)(=O)c1cccc(F)c1)CNCC3.CNc1nn2c3c(cnc2c1S(=O)(=O)c1cccc(F)c1)CN(C)CC3.CNc1nn2c3c(cnc2c1S(=O)(=O)c1cccc(F)c1)CNCC3. The van der Waals surface area contributed by atoms with Gasteiger partial charge in [-0.2, -0.15) is 0 Å². The molecule has 104 heavy (non-hydrogen) atoms. The average molecular weight is 1500 g/mol. The molecule has 0 saturated carbocycles. The van der Waals surface area contributed by atoms with Gasteiger partial charge in [0.05, 0.1) is 42.4 Å². The Morgan fingerprint density at radius 1 is 0.404 bits per heavy atom. The van der Waals surface area contributed by atoms with Crippen LogP contribution in [-0.2, 0) is 91.2 Å². The van der Waals surface area contributed by atoms with Gasteiger partial charge in [0.1, 0.15) is 23.3 Å². The molecule has 12 heterocycles. The van der Waals surface area contributed by atoms with Crippen molar-refractivity contribution in [2.45, 2.75) is 105 Å². The second-order valence-corrected chi connectivity index (χ2v) is 32.6. The van der Waals surface area contributed by atoms with Crippen molar-refractivity contribution in [2.24, 2.45) is 0 Å². The zero-order chi connectivity index (χ0) is 73.9. The van der Waals surface area contributed by atoms with Crippen molar-refractivity contribution < 1.29 is 51.2 Å². The van der Waals surface area contributed by atoms with Crippen LogP contribution in [0.3, 0.4) is 0 Å². The van der Waals surface area contributed by atoms with E-state index in [2.05, 4.69) is 82.0 Å². The first-order valence-corrected chi connectivity index (χ1v) is 38.8. The van der Waals surface area contributed by atoms with E-state index < -0.39 is 62.6 Å². The number of sulfone groups is 4. The lowest BCUT2D eigenvalue weighted by Crippen LogP contribution is -2.29. The lowest BCUT2D eigenvalue weighted by molar-refractivity contribution is 0.306. The van der Waals surface area contributed by atoms with Crippen LogP contribution in [-0.4, -0.2) is 170 Å². The maximum absolute atomic E-state index is 13.6. The van der Waals surface area contributed by atoms with Crippen LogP contribution in [0.5, 0.6) is 0 Å². The van der Waals surface area contributed by atoms with E-state index in [1.54, 1.807) is 58.6 Å². The highest BCUT2D eigenvalue weighted by molar-refractivity contribution is 7.92. The molecule has 4 aliphatic heterocycles. The van der Waals surface area contributed by atoms with Crippen LogP contribution in [0.2, 0.25) is 0 Å². The highest BCUT2D eigenvalue weighted by Gasteiger charge is 2.36. The van der Waals surface area contributed by atoms with Gasteiger partial charge in [-0.3, -0.25) is 0 Å². The summed E-state index contributed by atoms with van der Waals surface area (Å²) in [5.41, 5.74) is 10.5. The topological polar surface area (TPSA) is 336 Å². The number of halogens is 4. The zero-order valence-corrected chi connectivity index (χ0v) is 60.8. The first-order chi connectivity index (χ1) is 49.7. The fourth-order valence-electron chi connectivity index (χ4n) is 13.2. The maximum Gasteiger partial charge on any atom is 0.214 e. The number of fused-ring (bicyclic) bond motifs is 12. The van der Waals surface area contributed by atoms with Gasteiger partial charge in [0.2, 0.25) is 39.3 Å². The number of aryl methyl sites for hydroxylation is 2. The van der Waals surface area contributed by atoms with Crippen LogP contribution in [0.1, 0.15) is 56.4 Å². The minimum Gasteiger partial charge on any atom is -0.370 e. The van der Waals surface area contributed by atoms with Crippen molar-refractivity contribution in [1.29, 1.82) is 0 Å². The number of benzene rings is 4. The number of anilines is 4. The highest BCUT2D eigenvalue weighted by atomic mass is 32.2. The first-order valence-electron chi connectivity index (χ1n) is 32.8. The fraction of sp³-hybridized carbons (Fsp3) is 0.294. The summed E-state index contributed by atoms with van der Waals surface area (Å²) in [4.78, 5) is 21.5. The lowest BCUT2D eigenvalue weighted by atomic mass is 10.0. The van der Waals surface area contributed by atoms with Gasteiger partial charge >= 0.3 is 0 Å². The van der Waals surface area contributed by atoms with Crippen molar-refractivity contribution in [3.05, 3.63) is 189 Å². The smallest absolute Gasteiger partial charge is 0.214 e. The molecule has 28 nitrogen and oxygen atoms in total. The molecule has 6 N–H and O–H groups in total. The summed E-state index contributed by atoms with van der Waals surface area (Å²) in [6.45, 7) is 9.82. The molecule has 0 aliphatic carbocycles. The summed E-state index contributed by atoms with van der Waals surface area (Å²) >= 11 is 0. The van der Waals surface area contributed by atoms with Crippen LogP contribution >= 0.6 is 0 Å². The Kier molecular flexibility index (Phi) is 19.8. The number of likely N-dealkylation sites (N-methyl/N-ethyl adjacent to an activating group) is 2. The summed E-state index contributed by atoms with van der Waals surface area (Å²) in [5, 5.41) is 35.6. The Morgan fingerprint density at radius 2 is 0.731 bits per heavy atom. The van der Waals surface area contributed by atoms with Gasteiger partial charge in [0.25, 0.3) is 0 Å². The molecule has 8 aromatic heterocycles. The van der Waals surface area contributed by atoms with E-state index in [-0.39, 0.29) is 85.0 Å². The Balaban J connectivity index is 0.000000123.